The third-order valence-corrected chi connectivity index (χ3v) is 2.66. The molecule has 0 unspecified atom stereocenters. The van der Waals surface area contributed by atoms with Crippen molar-refractivity contribution in [2.24, 2.45) is 5.73 Å². The van der Waals surface area contributed by atoms with Crippen LogP contribution in [0.2, 0.25) is 0 Å². The lowest BCUT2D eigenvalue weighted by molar-refractivity contribution is 0.0693. The van der Waals surface area contributed by atoms with Crippen LogP contribution < -0.4 is 15.2 Å². The molecule has 7 nitrogen and oxygen atoms in total. The summed E-state index contributed by atoms with van der Waals surface area (Å²) in [4.78, 5) is 26.1. The first-order valence-electron chi connectivity index (χ1n) is 5.87. The Balaban J connectivity index is 2.38. The molecule has 1 heterocycles. The number of carbonyl (C=O) groups is 2. The second kappa shape index (κ2) is 5.91. The Hall–Kier alpha value is -3.09. The van der Waals surface area contributed by atoms with E-state index < -0.39 is 11.9 Å². The van der Waals surface area contributed by atoms with Crippen molar-refractivity contribution in [2.45, 2.75) is 0 Å². The van der Waals surface area contributed by atoms with Crippen LogP contribution in [-0.2, 0) is 0 Å². The molecule has 1 aromatic heterocycles. The maximum Gasteiger partial charge on any atom is 0.339 e. The van der Waals surface area contributed by atoms with Crippen LogP contribution in [0.15, 0.2) is 36.5 Å². The number of carbonyl (C=O) groups excluding carboxylic acids is 1. The molecule has 7 heteroatoms. The number of ether oxygens (including phenoxy) is 2. The van der Waals surface area contributed by atoms with Gasteiger partial charge in [-0.1, -0.05) is 6.07 Å². The lowest BCUT2D eigenvalue weighted by Crippen LogP contribution is -2.11. The smallest absolute Gasteiger partial charge is 0.339 e. The molecule has 0 saturated carbocycles. The molecule has 0 fully saturated rings. The number of hydrogen-bond donors (Lipinski definition) is 2. The second-order valence-electron chi connectivity index (χ2n) is 3.99. The summed E-state index contributed by atoms with van der Waals surface area (Å²) in [5.41, 5.74) is 5.27. The molecule has 0 spiro atoms. The number of pyridine rings is 1. The van der Waals surface area contributed by atoms with Crippen LogP contribution in [-0.4, -0.2) is 29.1 Å². The molecule has 1 aromatic carbocycles. The maximum atomic E-state index is 11.2. The van der Waals surface area contributed by atoms with Gasteiger partial charge in [0.1, 0.15) is 5.56 Å². The summed E-state index contributed by atoms with van der Waals surface area (Å²) in [6.07, 6.45) is 1.24. The Morgan fingerprint density at radius 1 is 1.24 bits per heavy atom. The van der Waals surface area contributed by atoms with Gasteiger partial charge in [-0.25, -0.2) is 9.78 Å². The van der Waals surface area contributed by atoms with Crippen LogP contribution >= 0.6 is 0 Å². The van der Waals surface area contributed by atoms with Gasteiger partial charge in [0, 0.05) is 12.3 Å². The van der Waals surface area contributed by atoms with Gasteiger partial charge in [-0.2, -0.15) is 0 Å². The second-order valence-corrected chi connectivity index (χ2v) is 3.99. The van der Waals surface area contributed by atoms with Gasteiger partial charge in [0.05, 0.1) is 12.7 Å². The van der Waals surface area contributed by atoms with Crippen molar-refractivity contribution in [3.05, 3.63) is 47.7 Å². The summed E-state index contributed by atoms with van der Waals surface area (Å²) in [5.74, 6) is -1.36. The highest BCUT2D eigenvalue weighted by atomic mass is 16.5. The zero-order valence-corrected chi connectivity index (χ0v) is 11.1. The molecule has 0 aliphatic heterocycles. The monoisotopic (exact) mass is 288 g/mol. The fraction of sp³-hybridized carbons (Fsp3) is 0.0714. The Bertz CT molecular complexity index is 682. The number of aromatic nitrogens is 1. The van der Waals surface area contributed by atoms with Gasteiger partial charge in [0.2, 0.25) is 11.8 Å². The van der Waals surface area contributed by atoms with E-state index in [1.807, 2.05) is 0 Å². The van der Waals surface area contributed by atoms with Gasteiger partial charge in [0.25, 0.3) is 0 Å². The number of carboxylic acid groups (broad SMARTS) is 1. The highest BCUT2D eigenvalue weighted by Gasteiger charge is 2.17. The summed E-state index contributed by atoms with van der Waals surface area (Å²) < 4.78 is 10.5. The van der Waals surface area contributed by atoms with E-state index in [0.717, 1.165) is 0 Å². The normalized spacial score (nSPS) is 9.95. The first kappa shape index (κ1) is 14.3. The summed E-state index contributed by atoms with van der Waals surface area (Å²) in [7, 11) is 1.40. The fourth-order valence-electron chi connectivity index (χ4n) is 1.64. The van der Waals surface area contributed by atoms with Crippen LogP contribution in [0.25, 0.3) is 0 Å². The van der Waals surface area contributed by atoms with Crippen molar-refractivity contribution in [2.75, 3.05) is 7.11 Å². The van der Waals surface area contributed by atoms with Crippen LogP contribution in [0.4, 0.5) is 0 Å². The lowest BCUT2D eigenvalue weighted by Gasteiger charge is -2.12. The summed E-state index contributed by atoms with van der Waals surface area (Å²) in [5, 5.41) is 9.16. The van der Waals surface area contributed by atoms with E-state index >= 15 is 0 Å². The summed E-state index contributed by atoms with van der Waals surface area (Å²) >= 11 is 0. The van der Waals surface area contributed by atoms with E-state index in [-0.39, 0.29) is 28.5 Å². The molecule has 0 aliphatic rings. The van der Waals surface area contributed by atoms with E-state index in [0.29, 0.717) is 0 Å². The van der Waals surface area contributed by atoms with Crippen LogP contribution in [0, 0.1) is 0 Å². The number of amides is 1. The van der Waals surface area contributed by atoms with E-state index in [1.165, 1.54) is 31.5 Å². The number of carboxylic acids is 1. The number of benzene rings is 1. The van der Waals surface area contributed by atoms with E-state index in [1.54, 1.807) is 12.1 Å². The molecule has 108 valence electrons. The Morgan fingerprint density at radius 3 is 2.52 bits per heavy atom. The SMILES string of the molecule is COc1cccc(C(=O)O)c1Oc1ccc(C(N)=O)cn1. The van der Waals surface area contributed by atoms with Gasteiger partial charge >= 0.3 is 5.97 Å². The third-order valence-electron chi connectivity index (χ3n) is 2.66. The topological polar surface area (TPSA) is 112 Å². The predicted molar refractivity (Wildman–Crippen MR) is 72.8 cm³/mol. The van der Waals surface area contributed by atoms with Crippen LogP contribution in [0.1, 0.15) is 20.7 Å². The molecule has 1 amide bonds. The van der Waals surface area contributed by atoms with Crippen molar-refractivity contribution in [3.63, 3.8) is 0 Å². The number of primary amides is 1. The van der Waals surface area contributed by atoms with Crippen molar-refractivity contribution in [1.82, 2.24) is 4.98 Å². The Labute approximate surface area is 119 Å². The third kappa shape index (κ3) is 3.08. The number of para-hydroxylation sites is 1. The minimum Gasteiger partial charge on any atom is -0.493 e. The number of nitrogens with two attached hydrogens (primary N) is 1. The number of nitrogens with zero attached hydrogens (tertiary/aromatic N) is 1. The fourth-order valence-corrected chi connectivity index (χ4v) is 1.64. The number of rotatable bonds is 5. The number of aromatic carboxylic acids is 1. The molecule has 0 aliphatic carbocycles. The molecule has 0 atom stereocenters. The minimum atomic E-state index is -1.15. The molecule has 2 aromatic rings. The van der Waals surface area contributed by atoms with Crippen molar-refractivity contribution >= 4 is 11.9 Å². The molecule has 0 bridgehead atoms. The predicted octanol–water partition coefficient (Wildman–Crippen LogP) is 1.68. The first-order valence-corrected chi connectivity index (χ1v) is 5.87. The van der Waals surface area contributed by atoms with E-state index in [9.17, 15) is 9.59 Å². The van der Waals surface area contributed by atoms with Crippen molar-refractivity contribution in [3.8, 4) is 17.4 Å². The summed E-state index contributed by atoms with van der Waals surface area (Å²) in [6.45, 7) is 0. The highest BCUT2D eigenvalue weighted by Crippen LogP contribution is 2.34. The van der Waals surface area contributed by atoms with E-state index in [2.05, 4.69) is 4.98 Å². The van der Waals surface area contributed by atoms with Gasteiger partial charge in [0.15, 0.2) is 11.5 Å². The Morgan fingerprint density at radius 2 is 2.00 bits per heavy atom. The zero-order valence-electron chi connectivity index (χ0n) is 11.1. The lowest BCUT2D eigenvalue weighted by atomic mass is 10.2. The first-order chi connectivity index (χ1) is 10.0. The summed E-state index contributed by atoms with van der Waals surface area (Å²) in [6, 6.07) is 7.34. The molecular formula is C14H12N2O5. The quantitative estimate of drug-likeness (QED) is 0.865. The highest BCUT2D eigenvalue weighted by molar-refractivity contribution is 5.93. The molecule has 2 rings (SSSR count). The van der Waals surface area contributed by atoms with Crippen LogP contribution in [0.3, 0.4) is 0 Å². The average Bonchev–Trinajstić information content (AvgIpc) is 2.47. The zero-order chi connectivity index (χ0) is 15.4. The van der Waals surface area contributed by atoms with Crippen LogP contribution in [0.5, 0.6) is 17.4 Å². The van der Waals surface area contributed by atoms with Gasteiger partial charge in [-0.05, 0) is 18.2 Å². The van der Waals surface area contributed by atoms with Gasteiger partial charge in [-0.3, -0.25) is 4.79 Å². The van der Waals surface area contributed by atoms with Crippen molar-refractivity contribution < 1.29 is 24.2 Å². The van der Waals surface area contributed by atoms with Gasteiger partial charge < -0.3 is 20.3 Å². The molecule has 0 radical (unpaired) electrons. The number of hydrogen-bond acceptors (Lipinski definition) is 5. The van der Waals surface area contributed by atoms with Gasteiger partial charge in [-0.15, -0.1) is 0 Å². The molecule has 21 heavy (non-hydrogen) atoms. The molecular weight excluding hydrogens is 276 g/mol. The van der Waals surface area contributed by atoms with Crippen molar-refractivity contribution in [1.29, 1.82) is 0 Å². The maximum absolute atomic E-state index is 11.2. The average molecular weight is 288 g/mol. The molecule has 3 N–H and O–H groups in total. The standard InChI is InChI=1S/C14H12N2O5/c1-20-10-4-2-3-9(14(18)19)12(10)21-11-6-5-8(7-16-11)13(15)17/h2-7H,1H3,(H2,15,17)(H,18,19). The van der Waals surface area contributed by atoms with E-state index in [4.69, 9.17) is 20.3 Å². The number of methoxy groups -OCH3 is 1. The molecule has 0 saturated heterocycles. The Kier molecular flexibility index (Phi) is 4.03. The largest absolute Gasteiger partial charge is 0.493 e. The minimum absolute atomic E-state index is 0.0341.